The van der Waals surface area contributed by atoms with E-state index in [2.05, 4.69) is 22.9 Å². The molecule has 1 N–H and O–H groups in total. The van der Waals surface area contributed by atoms with Gasteiger partial charge in [-0.3, -0.25) is 14.8 Å². The van der Waals surface area contributed by atoms with Crippen molar-refractivity contribution in [1.82, 2.24) is 14.8 Å². The van der Waals surface area contributed by atoms with Gasteiger partial charge >= 0.3 is 0 Å². The van der Waals surface area contributed by atoms with E-state index in [1.807, 2.05) is 17.2 Å². The second-order valence-electron chi connectivity index (χ2n) is 6.45. The van der Waals surface area contributed by atoms with Crippen molar-refractivity contribution < 1.29 is 13.9 Å². The van der Waals surface area contributed by atoms with E-state index >= 15 is 0 Å². The fourth-order valence-electron chi connectivity index (χ4n) is 3.33. The number of piperazine rings is 1. The standard InChI is InChI=1S/C19H23F2N3O/c1-14(15-4-3-7-22-12-15)24-10-8-23(9-11-24)13-18(25)19-16(20)5-2-6-17(19)21/h2-7,12,14,18,25H,8-11,13H2,1H3/t14-,18+/m0/s1. The van der Waals surface area contributed by atoms with Crippen LogP contribution in [0.15, 0.2) is 42.7 Å². The van der Waals surface area contributed by atoms with Gasteiger partial charge in [-0.15, -0.1) is 0 Å². The maximum atomic E-state index is 13.8. The van der Waals surface area contributed by atoms with E-state index in [4.69, 9.17) is 0 Å². The number of nitrogens with zero attached hydrogens (tertiary/aromatic N) is 3. The summed E-state index contributed by atoms with van der Waals surface area (Å²) in [4.78, 5) is 8.56. The highest BCUT2D eigenvalue weighted by Gasteiger charge is 2.25. The smallest absolute Gasteiger partial charge is 0.131 e. The Balaban J connectivity index is 1.56. The molecule has 2 aromatic rings. The molecule has 1 aromatic heterocycles. The summed E-state index contributed by atoms with van der Waals surface area (Å²) in [6.07, 6.45) is 2.47. The predicted molar refractivity (Wildman–Crippen MR) is 92.0 cm³/mol. The van der Waals surface area contributed by atoms with E-state index in [1.165, 1.54) is 23.8 Å². The molecule has 0 spiro atoms. The van der Waals surface area contributed by atoms with Crippen LogP contribution in [0.1, 0.15) is 30.2 Å². The summed E-state index contributed by atoms with van der Waals surface area (Å²) < 4.78 is 27.6. The third kappa shape index (κ3) is 4.21. The Morgan fingerprint density at radius 3 is 2.36 bits per heavy atom. The van der Waals surface area contributed by atoms with Crippen molar-refractivity contribution in [2.75, 3.05) is 32.7 Å². The van der Waals surface area contributed by atoms with Crippen LogP contribution in [0.5, 0.6) is 0 Å². The van der Waals surface area contributed by atoms with Crippen LogP contribution in [0, 0.1) is 11.6 Å². The monoisotopic (exact) mass is 347 g/mol. The van der Waals surface area contributed by atoms with Gasteiger partial charge in [0, 0.05) is 51.2 Å². The number of β-amino-alcohol motifs (C(OH)–C–C–N with tert-alkyl or cyclic N) is 1. The fourth-order valence-corrected chi connectivity index (χ4v) is 3.33. The van der Waals surface area contributed by atoms with Crippen LogP contribution in [0.3, 0.4) is 0 Å². The first-order chi connectivity index (χ1) is 12.1. The SMILES string of the molecule is C[C@@H](c1cccnc1)N1CCN(C[C@@H](O)c2c(F)cccc2F)CC1. The van der Waals surface area contributed by atoms with Crippen LogP contribution in [-0.4, -0.2) is 52.6 Å². The van der Waals surface area contributed by atoms with Gasteiger partial charge in [-0.1, -0.05) is 12.1 Å². The summed E-state index contributed by atoms with van der Waals surface area (Å²) in [5, 5.41) is 10.2. The van der Waals surface area contributed by atoms with Gasteiger partial charge in [-0.25, -0.2) is 8.78 Å². The van der Waals surface area contributed by atoms with Crippen LogP contribution in [0.4, 0.5) is 8.78 Å². The van der Waals surface area contributed by atoms with E-state index in [0.29, 0.717) is 0 Å². The van der Waals surface area contributed by atoms with E-state index in [-0.39, 0.29) is 18.2 Å². The zero-order valence-corrected chi connectivity index (χ0v) is 14.3. The molecule has 2 atom stereocenters. The normalized spacial score (nSPS) is 18.9. The molecule has 134 valence electrons. The van der Waals surface area contributed by atoms with E-state index in [0.717, 1.165) is 26.2 Å². The molecular formula is C19H23F2N3O. The molecule has 1 aromatic carbocycles. The third-order valence-corrected chi connectivity index (χ3v) is 4.89. The number of halogens is 2. The van der Waals surface area contributed by atoms with Crippen LogP contribution in [0.2, 0.25) is 0 Å². The van der Waals surface area contributed by atoms with Gasteiger partial charge in [-0.05, 0) is 30.7 Å². The molecule has 0 aliphatic carbocycles. The number of aliphatic hydroxyl groups is 1. The van der Waals surface area contributed by atoms with E-state index in [1.54, 1.807) is 6.20 Å². The molecule has 1 fully saturated rings. The number of hydrogen-bond donors (Lipinski definition) is 1. The Hall–Kier alpha value is -1.89. The van der Waals surface area contributed by atoms with E-state index in [9.17, 15) is 13.9 Å². The zero-order valence-electron chi connectivity index (χ0n) is 14.3. The number of aliphatic hydroxyl groups excluding tert-OH is 1. The minimum absolute atomic E-state index is 0.229. The average molecular weight is 347 g/mol. The first-order valence-electron chi connectivity index (χ1n) is 8.54. The quantitative estimate of drug-likeness (QED) is 0.903. The average Bonchev–Trinajstić information content (AvgIpc) is 2.62. The Kier molecular flexibility index (Phi) is 5.73. The molecule has 1 saturated heterocycles. The van der Waals surface area contributed by atoms with Crippen molar-refractivity contribution in [2.24, 2.45) is 0 Å². The molecule has 25 heavy (non-hydrogen) atoms. The molecule has 4 nitrogen and oxygen atoms in total. The lowest BCUT2D eigenvalue weighted by atomic mass is 10.1. The van der Waals surface area contributed by atoms with Crippen LogP contribution < -0.4 is 0 Å². The van der Waals surface area contributed by atoms with Crippen molar-refractivity contribution in [3.63, 3.8) is 0 Å². The highest BCUT2D eigenvalue weighted by molar-refractivity contribution is 5.22. The number of rotatable bonds is 5. The van der Waals surface area contributed by atoms with Gasteiger partial charge in [0.25, 0.3) is 0 Å². The molecule has 3 rings (SSSR count). The summed E-state index contributed by atoms with van der Waals surface area (Å²) in [7, 11) is 0. The molecule has 0 amide bonds. The van der Waals surface area contributed by atoms with Gasteiger partial charge in [0.15, 0.2) is 0 Å². The minimum atomic E-state index is -1.16. The summed E-state index contributed by atoms with van der Waals surface area (Å²) in [5.74, 6) is -1.40. The maximum Gasteiger partial charge on any atom is 0.131 e. The van der Waals surface area contributed by atoms with Crippen LogP contribution >= 0.6 is 0 Å². The zero-order chi connectivity index (χ0) is 17.8. The van der Waals surface area contributed by atoms with Gasteiger partial charge in [0.1, 0.15) is 11.6 Å². The largest absolute Gasteiger partial charge is 0.387 e. The van der Waals surface area contributed by atoms with E-state index < -0.39 is 17.7 Å². The molecule has 6 heteroatoms. The van der Waals surface area contributed by atoms with Crippen molar-refractivity contribution in [3.8, 4) is 0 Å². The molecule has 2 heterocycles. The first-order valence-corrected chi connectivity index (χ1v) is 8.54. The molecule has 0 unspecified atom stereocenters. The Labute approximate surface area is 146 Å². The molecule has 0 radical (unpaired) electrons. The second kappa shape index (κ2) is 7.99. The molecule has 1 aliphatic rings. The fraction of sp³-hybridized carbons (Fsp3) is 0.421. The maximum absolute atomic E-state index is 13.8. The molecule has 0 saturated carbocycles. The van der Waals surface area contributed by atoms with Crippen molar-refractivity contribution in [1.29, 1.82) is 0 Å². The summed E-state index contributed by atoms with van der Waals surface area (Å²) in [6, 6.07) is 7.92. The lowest BCUT2D eigenvalue weighted by molar-refractivity contribution is 0.0562. The van der Waals surface area contributed by atoms with Crippen LogP contribution in [0.25, 0.3) is 0 Å². The topological polar surface area (TPSA) is 39.6 Å². The minimum Gasteiger partial charge on any atom is -0.387 e. The summed E-state index contributed by atoms with van der Waals surface area (Å²) in [5.41, 5.74) is 0.929. The summed E-state index contributed by atoms with van der Waals surface area (Å²) >= 11 is 0. The highest BCUT2D eigenvalue weighted by Crippen LogP contribution is 2.24. The molecular weight excluding hydrogens is 324 g/mol. The third-order valence-electron chi connectivity index (χ3n) is 4.89. The van der Waals surface area contributed by atoms with Gasteiger partial charge in [0.05, 0.1) is 11.7 Å². The summed E-state index contributed by atoms with van der Waals surface area (Å²) in [6.45, 7) is 5.55. The lowest BCUT2D eigenvalue weighted by Crippen LogP contribution is -2.48. The first kappa shape index (κ1) is 17.9. The second-order valence-corrected chi connectivity index (χ2v) is 6.45. The molecule has 0 bridgehead atoms. The number of pyridine rings is 1. The van der Waals surface area contributed by atoms with Gasteiger partial charge < -0.3 is 5.11 Å². The van der Waals surface area contributed by atoms with Crippen molar-refractivity contribution in [3.05, 3.63) is 65.5 Å². The van der Waals surface area contributed by atoms with Crippen molar-refractivity contribution >= 4 is 0 Å². The van der Waals surface area contributed by atoms with Gasteiger partial charge in [0.2, 0.25) is 0 Å². The lowest BCUT2D eigenvalue weighted by Gasteiger charge is -2.38. The Morgan fingerprint density at radius 2 is 1.76 bits per heavy atom. The van der Waals surface area contributed by atoms with Crippen molar-refractivity contribution in [2.45, 2.75) is 19.1 Å². The van der Waals surface area contributed by atoms with Crippen LogP contribution in [-0.2, 0) is 0 Å². The number of aromatic nitrogens is 1. The Bertz CT molecular complexity index is 670. The highest BCUT2D eigenvalue weighted by atomic mass is 19.1. The Morgan fingerprint density at radius 1 is 1.08 bits per heavy atom. The molecule has 1 aliphatic heterocycles. The number of benzene rings is 1. The number of hydrogen-bond acceptors (Lipinski definition) is 4. The predicted octanol–water partition coefficient (Wildman–Crippen LogP) is 2.77. The van der Waals surface area contributed by atoms with Gasteiger partial charge in [-0.2, -0.15) is 0 Å².